The minimum Gasteiger partial charge on any atom is -0.303 e. The van der Waals surface area contributed by atoms with Gasteiger partial charge in [0.05, 0.1) is 5.03 Å². The Bertz CT molecular complexity index is 256. The molecule has 1 rings (SSSR count). The van der Waals surface area contributed by atoms with Gasteiger partial charge in [0, 0.05) is 12.2 Å². The zero-order valence-electron chi connectivity index (χ0n) is 8.61. The van der Waals surface area contributed by atoms with Crippen molar-refractivity contribution in [2.24, 2.45) is 0 Å². The van der Waals surface area contributed by atoms with Crippen LogP contribution in [0.3, 0.4) is 0 Å². The van der Waals surface area contributed by atoms with Gasteiger partial charge in [-0.3, -0.25) is 0 Å². The van der Waals surface area contributed by atoms with Crippen LogP contribution in [0, 0.1) is 0 Å². The van der Waals surface area contributed by atoms with Crippen LogP contribution in [-0.2, 0) is 0 Å². The van der Waals surface area contributed by atoms with Crippen LogP contribution in [0.15, 0.2) is 23.4 Å². The van der Waals surface area contributed by atoms with Gasteiger partial charge in [0.15, 0.2) is 0 Å². The van der Waals surface area contributed by atoms with E-state index >= 15 is 0 Å². The Morgan fingerprint density at radius 1 is 1.38 bits per heavy atom. The second kappa shape index (κ2) is 4.63. The highest BCUT2D eigenvalue weighted by molar-refractivity contribution is 7.98. The fourth-order valence-corrected chi connectivity index (χ4v) is 1.42. The first-order valence-electron chi connectivity index (χ1n) is 4.31. The first kappa shape index (κ1) is 10.5. The molecular weight excluding hydrogens is 180 g/mol. The minimum absolute atomic E-state index is 0.434. The smallest absolute Gasteiger partial charge is 0.0957 e. The van der Waals surface area contributed by atoms with Gasteiger partial charge in [0.1, 0.15) is 0 Å². The second-order valence-corrected chi connectivity index (χ2v) is 4.10. The molecule has 0 radical (unpaired) electrons. The lowest BCUT2D eigenvalue weighted by molar-refractivity contribution is 0.320. The van der Waals surface area contributed by atoms with E-state index < -0.39 is 0 Å². The molecule has 0 aliphatic rings. The highest BCUT2D eigenvalue weighted by atomic mass is 32.2. The summed E-state index contributed by atoms with van der Waals surface area (Å²) < 4.78 is 0. The summed E-state index contributed by atoms with van der Waals surface area (Å²) in [6, 6.07) is 4.65. The van der Waals surface area contributed by atoms with Gasteiger partial charge in [0.25, 0.3) is 0 Å². The molecule has 0 fully saturated rings. The Labute approximate surface area is 84.4 Å². The fourth-order valence-electron chi connectivity index (χ4n) is 1.06. The zero-order valence-corrected chi connectivity index (χ0v) is 9.43. The van der Waals surface area contributed by atoms with Crippen molar-refractivity contribution in [3.05, 3.63) is 23.9 Å². The van der Waals surface area contributed by atoms with Crippen molar-refractivity contribution in [2.75, 3.05) is 20.4 Å². The molecule has 0 bridgehead atoms. The zero-order chi connectivity index (χ0) is 9.84. The number of nitrogens with zero attached hydrogens (tertiary/aromatic N) is 2. The van der Waals surface area contributed by atoms with Crippen LogP contribution in [-0.4, -0.2) is 30.2 Å². The third-order valence-corrected chi connectivity index (χ3v) is 2.89. The summed E-state index contributed by atoms with van der Waals surface area (Å²) in [5.41, 5.74) is 1.27. The molecule has 0 N–H and O–H groups in total. The predicted octanol–water partition coefficient (Wildman–Crippen LogP) is 2.43. The molecule has 3 heteroatoms. The van der Waals surface area contributed by atoms with E-state index in [1.54, 1.807) is 11.8 Å². The average Bonchev–Trinajstić information content (AvgIpc) is 2.17. The SMILES string of the molecule is CSc1ccc([C@@H](C)N(C)C)cn1. The maximum atomic E-state index is 4.34. The molecule has 72 valence electrons. The molecule has 1 atom stereocenters. The standard InChI is InChI=1S/C10H16N2S/c1-8(12(2)3)9-5-6-10(13-4)11-7-9/h5-8H,1-4H3/t8-/m1/s1. The van der Waals surface area contributed by atoms with E-state index in [1.165, 1.54) is 5.56 Å². The lowest BCUT2D eigenvalue weighted by Crippen LogP contribution is -2.16. The molecule has 0 saturated carbocycles. The average molecular weight is 196 g/mol. The van der Waals surface area contributed by atoms with E-state index in [0.717, 1.165) is 5.03 Å². The molecule has 0 aliphatic carbocycles. The number of pyridine rings is 1. The quantitative estimate of drug-likeness (QED) is 0.691. The molecule has 0 unspecified atom stereocenters. The van der Waals surface area contributed by atoms with Gasteiger partial charge < -0.3 is 4.90 Å². The lowest BCUT2D eigenvalue weighted by atomic mass is 10.1. The van der Waals surface area contributed by atoms with Crippen molar-refractivity contribution in [2.45, 2.75) is 18.0 Å². The first-order valence-corrected chi connectivity index (χ1v) is 5.54. The van der Waals surface area contributed by atoms with E-state index in [2.05, 4.69) is 43.0 Å². The largest absolute Gasteiger partial charge is 0.303 e. The Balaban J connectivity index is 2.79. The van der Waals surface area contributed by atoms with E-state index in [0.29, 0.717) is 6.04 Å². The monoisotopic (exact) mass is 196 g/mol. The summed E-state index contributed by atoms with van der Waals surface area (Å²) in [4.78, 5) is 6.51. The van der Waals surface area contributed by atoms with Crippen molar-refractivity contribution in [1.82, 2.24) is 9.88 Å². The van der Waals surface area contributed by atoms with Gasteiger partial charge in [-0.25, -0.2) is 4.98 Å². The fraction of sp³-hybridized carbons (Fsp3) is 0.500. The topological polar surface area (TPSA) is 16.1 Å². The normalized spacial score (nSPS) is 13.3. The van der Waals surface area contributed by atoms with Crippen LogP contribution in [0.25, 0.3) is 0 Å². The van der Waals surface area contributed by atoms with Crippen LogP contribution in [0.2, 0.25) is 0 Å². The minimum atomic E-state index is 0.434. The van der Waals surface area contributed by atoms with Gasteiger partial charge in [-0.2, -0.15) is 0 Å². The summed E-state index contributed by atoms with van der Waals surface area (Å²) >= 11 is 1.67. The van der Waals surface area contributed by atoms with Crippen molar-refractivity contribution in [1.29, 1.82) is 0 Å². The van der Waals surface area contributed by atoms with Gasteiger partial charge in [0.2, 0.25) is 0 Å². The molecule has 1 heterocycles. The number of rotatable bonds is 3. The second-order valence-electron chi connectivity index (χ2n) is 3.27. The lowest BCUT2D eigenvalue weighted by Gasteiger charge is -2.19. The van der Waals surface area contributed by atoms with Crippen molar-refractivity contribution < 1.29 is 0 Å². The molecule has 1 aromatic rings. The van der Waals surface area contributed by atoms with Crippen molar-refractivity contribution in [3.63, 3.8) is 0 Å². The number of aromatic nitrogens is 1. The van der Waals surface area contributed by atoms with Crippen molar-refractivity contribution >= 4 is 11.8 Å². The molecule has 0 amide bonds. The molecule has 0 aliphatic heterocycles. The maximum absolute atomic E-state index is 4.34. The summed E-state index contributed by atoms with van der Waals surface area (Å²) in [5.74, 6) is 0. The van der Waals surface area contributed by atoms with Crippen LogP contribution >= 0.6 is 11.8 Å². The summed E-state index contributed by atoms with van der Waals surface area (Å²) in [6.45, 7) is 2.18. The van der Waals surface area contributed by atoms with Gasteiger partial charge in [-0.05, 0) is 38.9 Å². The summed E-state index contributed by atoms with van der Waals surface area (Å²) in [6.07, 6.45) is 3.99. The molecular formula is C10H16N2S. The Morgan fingerprint density at radius 3 is 2.46 bits per heavy atom. The van der Waals surface area contributed by atoms with Gasteiger partial charge in [-0.1, -0.05) is 6.07 Å². The third kappa shape index (κ3) is 2.71. The van der Waals surface area contributed by atoms with Crippen molar-refractivity contribution in [3.8, 4) is 0 Å². The van der Waals surface area contributed by atoms with Crippen LogP contribution in [0.4, 0.5) is 0 Å². The Kier molecular flexibility index (Phi) is 3.75. The van der Waals surface area contributed by atoms with E-state index in [4.69, 9.17) is 0 Å². The van der Waals surface area contributed by atoms with E-state index in [1.807, 2.05) is 12.5 Å². The number of hydrogen-bond acceptors (Lipinski definition) is 3. The van der Waals surface area contributed by atoms with Gasteiger partial charge >= 0.3 is 0 Å². The van der Waals surface area contributed by atoms with Crippen LogP contribution < -0.4 is 0 Å². The molecule has 1 aromatic heterocycles. The van der Waals surface area contributed by atoms with Crippen LogP contribution in [0.1, 0.15) is 18.5 Å². The molecule has 13 heavy (non-hydrogen) atoms. The Hall–Kier alpha value is -0.540. The number of hydrogen-bond donors (Lipinski definition) is 0. The highest BCUT2D eigenvalue weighted by Gasteiger charge is 2.07. The van der Waals surface area contributed by atoms with Gasteiger partial charge in [-0.15, -0.1) is 11.8 Å². The maximum Gasteiger partial charge on any atom is 0.0957 e. The van der Waals surface area contributed by atoms with E-state index in [-0.39, 0.29) is 0 Å². The highest BCUT2D eigenvalue weighted by Crippen LogP contribution is 2.18. The molecule has 0 saturated heterocycles. The molecule has 2 nitrogen and oxygen atoms in total. The Morgan fingerprint density at radius 2 is 2.08 bits per heavy atom. The molecule has 0 aromatic carbocycles. The van der Waals surface area contributed by atoms with Crippen LogP contribution in [0.5, 0.6) is 0 Å². The predicted molar refractivity (Wildman–Crippen MR) is 58.1 cm³/mol. The number of thioether (sulfide) groups is 1. The summed E-state index contributed by atoms with van der Waals surface area (Å²) in [5, 5.41) is 1.08. The molecule has 0 spiro atoms. The first-order chi connectivity index (χ1) is 6.15. The third-order valence-electron chi connectivity index (χ3n) is 2.23. The van der Waals surface area contributed by atoms with E-state index in [9.17, 15) is 0 Å². The summed E-state index contributed by atoms with van der Waals surface area (Å²) in [7, 11) is 4.15.